The lowest BCUT2D eigenvalue weighted by Crippen LogP contribution is -2.47. The largest absolute Gasteiger partial charge is 0.348 e. The van der Waals surface area contributed by atoms with E-state index in [1.54, 1.807) is 4.90 Å². The summed E-state index contributed by atoms with van der Waals surface area (Å²) in [6, 6.07) is 3.88. The standard InChI is InChI=1S/C11H18N4O3S/c1-9-10-4-3-5-14(10)6-7-15(9)11(16)8-13-19(17,18)12-2/h3-5,9,12-13H,6-8H2,1-2H3. The summed E-state index contributed by atoms with van der Waals surface area (Å²) in [5, 5.41) is 0. The zero-order valence-corrected chi connectivity index (χ0v) is 11.8. The molecule has 2 heterocycles. The molecule has 1 aliphatic rings. The number of rotatable bonds is 4. The van der Waals surface area contributed by atoms with Gasteiger partial charge in [0.2, 0.25) is 5.91 Å². The maximum absolute atomic E-state index is 12.1. The van der Waals surface area contributed by atoms with Crippen LogP contribution < -0.4 is 9.44 Å². The van der Waals surface area contributed by atoms with E-state index in [1.807, 2.05) is 25.3 Å². The number of hydrogen-bond donors (Lipinski definition) is 2. The third-order valence-corrected chi connectivity index (χ3v) is 4.41. The Morgan fingerprint density at radius 1 is 1.47 bits per heavy atom. The fraction of sp³-hybridized carbons (Fsp3) is 0.545. The number of aromatic nitrogens is 1. The molecule has 0 saturated carbocycles. The number of nitrogens with one attached hydrogen (secondary N) is 2. The van der Waals surface area contributed by atoms with Crippen LogP contribution in [0.5, 0.6) is 0 Å². The number of carbonyl (C=O) groups excluding carboxylic acids is 1. The van der Waals surface area contributed by atoms with E-state index in [2.05, 4.69) is 14.0 Å². The van der Waals surface area contributed by atoms with Crippen molar-refractivity contribution in [3.05, 3.63) is 24.0 Å². The highest BCUT2D eigenvalue weighted by molar-refractivity contribution is 7.87. The molecule has 2 rings (SSSR count). The lowest BCUT2D eigenvalue weighted by molar-refractivity contribution is -0.133. The van der Waals surface area contributed by atoms with Gasteiger partial charge in [-0.2, -0.15) is 13.1 Å². The van der Waals surface area contributed by atoms with Gasteiger partial charge in [-0.3, -0.25) is 4.79 Å². The molecule has 106 valence electrons. The van der Waals surface area contributed by atoms with Crippen molar-refractivity contribution in [3.8, 4) is 0 Å². The summed E-state index contributed by atoms with van der Waals surface area (Å²) < 4.78 is 28.9. The SMILES string of the molecule is CNS(=O)(=O)NCC(=O)N1CCn2cccc2C1C. The predicted molar refractivity (Wildman–Crippen MR) is 70.5 cm³/mol. The smallest absolute Gasteiger partial charge is 0.277 e. The van der Waals surface area contributed by atoms with Crippen molar-refractivity contribution in [1.29, 1.82) is 0 Å². The first-order valence-corrected chi connectivity index (χ1v) is 7.55. The summed E-state index contributed by atoms with van der Waals surface area (Å²) in [5.41, 5.74) is 1.07. The van der Waals surface area contributed by atoms with Crippen molar-refractivity contribution in [2.75, 3.05) is 20.1 Å². The predicted octanol–water partition coefficient (Wildman–Crippen LogP) is -0.555. The van der Waals surface area contributed by atoms with Crippen LogP contribution in [0.25, 0.3) is 0 Å². The topological polar surface area (TPSA) is 83.4 Å². The molecule has 19 heavy (non-hydrogen) atoms. The zero-order valence-electron chi connectivity index (χ0n) is 11.0. The first-order valence-electron chi connectivity index (χ1n) is 6.07. The summed E-state index contributed by atoms with van der Waals surface area (Å²) >= 11 is 0. The van der Waals surface area contributed by atoms with Crippen LogP contribution in [0.3, 0.4) is 0 Å². The summed E-state index contributed by atoms with van der Waals surface area (Å²) in [6.45, 7) is 3.03. The number of nitrogens with zero attached hydrogens (tertiary/aromatic N) is 2. The van der Waals surface area contributed by atoms with Crippen LogP contribution in [0.15, 0.2) is 18.3 Å². The Hall–Kier alpha value is -1.38. The fourth-order valence-electron chi connectivity index (χ4n) is 2.25. The van der Waals surface area contributed by atoms with Crippen molar-refractivity contribution >= 4 is 16.1 Å². The van der Waals surface area contributed by atoms with E-state index in [0.29, 0.717) is 6.54 Å². The third kappa shape index (κ3) is 2.96. The quantitative estimate of drug-likeness (QED) is 0.778. The molecule has 7 nitrogen and oxygen atoms in total. The Balaban J connectivity index is 2.02. The average Bonchev–Trinajstić information content (AvgIpc) is 2.86. The fourth-order valence-corrected chi connectivity index (χ4v) is 2.71. The van der Waals surface area contributed by atoms with Gasteiger partial charge in [0, 0.05) is 32.0 Å². The molecule has 1 unspecified atom stereocenters. The minimum atomic E-state index is -3.57. The molecular weight excluding hydrogens is 268 g/mol. The second-order valence-electron chi connectivity index (χ2n) is 4.42. The molecular formula is C11H18N4O3S. The molecule has 0 saturated heterocycles. The molecule has 1 aliphatic heterocycles. The Morgan fingerprint density at radius 2 is 2.21 bits per heavy atom. The number of fused-ring (bicyclic) bond motifs is 1. The Morgan fingerprint density at radius 3 is 2.89 bits per heavy atom. The van der Waals surface area contributed by atoms with Crippen LogP contribution in [0.4, 0.5) is 0 Å². The van der Waals surface area contributed by atoms with Crippen molar-refractivity contribution in [2.45, 2.75) is 19.5 Å². The van der Waals surface area contributed by atoms with E-state index in [0.717, 1.165) is 12.2 Å². The summed E-state index contributed by atoms with van der Waals surface area (Å²) in [6.07, 6.45) is 1.98. The van der Waals surface area contributed by atoms with Crippen molar-refractivity contribution in [1.82, 2.24) is 18.9 Å². The van der Waals surface area contributed by atoms with Gasteiger partial charge in [0.15, 0.2) is 0 Å². The van der Waals surface area contributed by atoms with Gasteiger partial charge in [-0.25, -0.2) is 4.72 Å². The highest BCUT2D eigenvalue weighted by Crippen LogP contribution is 2.24. The molecule has 8 heteroatoms. The maximum Gasteiger partial charge on any atom is 0.277 e. The normalized spacial score (nSPS) is 19.3. The second-order valence-corrected chi connectivity index (χ2v) is 6.12. The number of hydrogen-bond acceptors (Lipinski definition) is 3. The lowest BCUT2D eigenvalue weighted by Gasteiger charge is -2.35. The van der Waals surface area contributed by atoms with Crippen LogP contribution in [0, 0.1) is 0 Å². The highest BCUT2D eigenvalue weighted by Gasteiger charge is 2.27. The molecule has 0 aromatic carbocycles. The van der Waals surface area contributed by atoms with E-state index >= 15 is 0 Å². The van der Waals surface area contributed by atoms with E-state index in [-0.39, 0.29) is 18.5 Å². The molecule has 1 aromatic rings. The van der Waals surface area contributed by atoms with E-state index in [1.165, 1.54) is 7.05 Å². The van der Waals surface area contributed by atoms with Crippen LogP contribution in [-0.2, 0) is 21.5 Å². The first-order chi connectivity index (χ1) is 8.94. The lowest BCUT2D eigenvalue weighted by atomic mass is 10.1. The Labute approximate surface area is 112 Å². The monoisotopic (exact) mass is 286 g/mol. The van der Waals surface area contributed by atoms with Crippen LogP contribution in [-0.4, -0.2) is 43.9 Å². The summed E-state index contributed by atoms with van der Waals surface area (Å²) in [4.78, 5) is 13.8. The average molecular weight is 286 g/mol. The van der Waals surface area contributed by atoms with Crippen LogP contribution in [0.2, 0.25) is 0 Å². The van der Waals surface area contributed by atoms with Gasteiger partial charge < -0.3 is 9.47 Å². The summed E-state index contributed by atoms with van der Waals surface area (Å²) in [5.74, 6) is -0.223. The van der Waals surface area contributed by atoms with E-state index in [4.69, 9.17) is 0 Å². The summed E-state index contributed by atoms with van der Waals surface area (Å²) in [7, 11) is -2.28. The third-order valence-electron chi connectivity index (χ3n) is 3.34. The molecule has 0 spiro atoms. The molecule has 1 amide bonds. The molecule has 0 fully saturated rings. The molecule has 2 N–H and O–H groups in total. The maximum atomic E-state index is 12.1. The number of carbonyl (C=O) groups is 1. The molecule has 0 radical (unpaired) electrons. The minimum absolute atomic E-state index is 0.0460. The van der Waals surface area contributed by atoms with Crippen molar-refractivity contribution < 1.29 is 13.2 Å². The molecule has 1 atom stereocenters. The Kier molecular flexibility index (Phi) is 3.93. The zero-order chi connectivity index (χ0) is 14.0. The second kappa shape index (κ2) is 5.32. The van der Waals surface area contributed by atoms with Crippen molar-refractivity contribution in [2.24, 2.45) is 0 Å². The molecule has 0 bridgehead atoms. The van der Waals surface area contributed by atoms with Gasteiger partial charge >= 0.3 is 0 Å². The van der Waals surface area contributed by atoms with Gasteiger partial charge in [-0.05, 0) is 19.1 Å². The van der Waals surface area contributed by atoms with Gasteiger partial charge in [0.1, 0.15) is 0 Å². The number of amides is 1. The Bertz CT molecular complexity index is 566. The van der Waals surface area contributed by atoms with E-state index in [9.17, 15) is 13.2 Å². The first kappa shape index (κ1) is 14.0. The molecule has 0 aliphatic carbocycles. The minimum Gasteiger partial charge on any atom is -0.348 e. The van der Waals surface area contributed by atoms with Crippen LogP contribution >= 0.6 is 0 Å². The van der Waals surface area contributed by atoms with Crippen molar-refractivity contribution in [3.63, 3.8) is 0 Å². The van der Waals surface area contributed by atoms with Gasteiger partial charge in [0.25, 0.3) is 10.2 Å². The van der Waals surface area contributed by atoms with E-state index < -0.39 is 10.2 Å². The van der Waals surface area contributed by atoms with Crippen LogP contribution in [0.1, 0.15) is 18.7 Å². The van der Waals surface area contributed by atoms with Gasteiger partial charge in [-0.15, -0.1) is 0 Å². The van der Waals surface area contributed by atoms with Gasteiger partial charge in [-0.1, -0.05) is 0 Å². The van der Waals surface area contributed by atoms with Gasteiger partial charge in [0.05, 0.1) is 12.6 Å². The molecule has 1 aromatic heterocycles. The highest BCUT2D eigenvalue weighted by atomic mass is 32.2.